The molecular weight excluding hydrogens is 472 g/mol. The van der Waals surface area contributed by atoms with Crippen molar-refractivity contribution in [3.63, 3.8) is 0 Å². The molecule has 0 aliphatic rings. The van der Waals surface area contributed by atoms with Gasteiger partial charge in [0.25, 0.3) is 0 Å². The van der Waals surface area contributed by atoms with E-state index in [0.717, 1.165) is 38.7 Å². The molecule has 0 spiro atoms. The van der Waals surface area contributed by atoms with Gasteiger partial charge >= 0.3 is 0 Å². The molecule has 0 saturated heterocycles. The van der Waals surface area contributed by atoms with Crippen molar-refractivity contribution >= 4 is 22.2 Å². The van der Waals surface area contributed by atoms with Gasteiger partial charge in [0.1, 0.15) is 0 Å². The molecule has 2 heteroatoms. The summed E-state index contributed by atoms with van der Waals surface area (Å²) in [4.78, 5) is 4.70. The lowest BCUT2D eigenvalue weighted by atomic mass is 9.91. The summed E-state index contributed by atoms with van der Waals surface area (Å²) >= 11 is 0. The summed E-state index contributed by atoms with van der Waals surface area (Å²) in [6.45, 7) is 3.96. The van der Waals surface area contributed by atoms with Crippen molar-refractivity contribution in [2.75, 3.05) is 5.73 Å². The van der Waals surface area contributed by atoms with E-state index in [1.165, 1.54) is 22.3 Å². The third-order valence-electron chi connectivity index (χ3n) is 7.13. The van der Waals surface area contributed by atoms with Gasteiger partial charge in [-0.15, -0.1) is 0 Å². The number of benzene rings is 5. The number of nitrogens with two attached hydrogens (primary N) is 1. The summed E-state index contributed by atoms with van der Waals surface area (Å²) in [5.74, 6) is 0. The van der Waals surface area contributed by atoms with E-state index in [2.05, 4.69) is 122 Å². The molecule has 0 fully saturated rings. The molecule has 0 amide bonds. The molecule has 0 unspecified atom stereocenters. The van der Waals surface area contributed by atoms with Crippen molar-refractivity contribution in [3.8, 4) is 33.4 Å². The van der Waals surface area contributed by atoms with Gasteiger partial charge in [0.2, 0.25) is 0 Å². The average Bonchev–Trinajstić information content (AvgIpc) is 3.01. The van der Waals surface area contributed by atoms with Crippen LogP contribution in [-0.4, -0.2) is 4.98 Å². The fourth-order valence-electron chi connectivity index (χ4n) is 5.13. The Kier molecular flexibility index (Phi) is 6.59. The highest BCUT2D eigenvalue weighted by Crippen LogP contribution is 2.37. The van der Waals surface area contributed by atoms with Gasteiger partial charge in [0, 0.05) is 17.1 Å². The molecule has 5 aromatic carbocycles. The number of hydrogen-bond donors (Lipinski definition) is 1. The van der Waals surface area contributed by atoms with E-state index in [0.29, 0.717) is 5.69 Å². The van der Waals surface area contributed by atoms with Gasteiger partial charge in [-0.2, -0.15) is 0 Å². The molecule has 2 nitrogen and oxygen atoms in total. The Morgan fingerprint density at radius 2 is 1.13 bits per heavy atom. The van der Waals surface area contributed by atoms with Crippen LogP contribution in [0.1, 0.15) is 11.1 Å². The largest absolute Gasteiger partial charge is 0.396 e. The lowest BCUT2D eigenvalue weighted by Gasteiger charge is -2.15. The highest BCUT2D eigenvalue weighted by molar-refractivity contribution is 6.04. The van der Waals surface area contributed by atoms with E-state index >= 15 is 0 Å². The SMILES string of the molecule is C=C/C=C(/c1ccc(-c2ccccc2)cc1)c1ccc2c(-c3ccc(-c4ccccc4)cc3)ccnc2c1N. The Balaban J connectivity index is 1.38. The van der Waals surface area contributed by atoms with Crippen LogP contribution < -0.4 is 5.73 Å². The molecule has 0 aliphatic carbocycles. The second kappa shape index (κ2) is 10.6. The zero-order chi connectivity index (χ0) is 26.6. The number of rotatable bonds is 6. The first-order valence-corrected chi connectivity index (χ1v) is 13.0. The Bertz CT molecular complexity index is 1780. The summed E-state index contributed by atoms with van der Waals surface area (Å²) in [7, 11) is 0. The molecule has 0 atom stereocenters. The van der Waals surface area contributed by atoms with Crippen molar-refractivity contribution in [2.45, 2.75) is 0 Å². The summed E-state index contributed by atoms with van der Waals surface area (Å²) in [6, 6.07) is 44.3. The van der Waals surface area contributed by atoms with E-state index in [1.807, 2.05) is 30.5 Å². The Labute approximate surface area is 229 Å². The maximum absolute atomic E-state index is 6.82. The standard InChI is InChI=1S/C37H28N2/c1-2-9-32(30-18-14-28(15-19-30)26-10-5-3-6-11-26)34-22-23-35-33(24-25-39-37(35)36(34)38)31-20-16-29(17-21-31)27-12-7-4-8-13-27/h2-25H,1,38H2/b32-9-. The predicted molar refractivity (Wildman–Crippen MR) is 166 cm³/mol. The van der Waals surface area contributed by atoms with Crippen LogP contribution in [0.3, 0.4) is 0 Å². The van der Waals surface area contributed by atoms with Crippen molar-refractivity contribution in [1.29, 1.82) is 0 Å². The zero-order valence-corrected chi connectivity index (χ0v) is 21.6. The minimum Gasteiger partial charge on any atom is -0.396 e. The smallest absolute Gasteiger partial charge is 0.0943 e. The summed E-state index contributed by atoms with van der Waals surface area (Å²) in [5.41, 5.74) is 18.3. The quantitative estimate of drug-likeness (QED) is 0.183. The van der Waals surface area contributed by atoms with Gasteiger partial charge in [-0.1, -0.05) is 140 Å². The Hall–Kier alpha value is -5.21. The second-order valence-electron chi connectivity index (χ2n) is 9.48. The fraction of sp³-hybridized carbons (Fsp3) is 0. The average molecular weight is 501 g/mol. The third kappa shape index (κ3) is 4.76. The molecule has 39 heavy (non-hydrogen) atoms. The number of anilines is 1. The molecule has 186 valence electrons. The van der Waals surface area contributed by atoms with Gasteiger partial charge in [0.15, 0.2) is 0 Å². The van der Waals surface area contributed by atoms with Crippen LogP contribution in [0.25, 0.3) is 49.9 Å². The zero-order valence-electron chi connectivity index (χ0n) is 21.6. The molecule has 0 bridgehead atoms. The van der Waals surface area contributed by atoms with Gasteiger partial charge in [-0.05, 0) is 50.6 Å². The van der Waals surface area contributed by atoms with Crippen LogP contribution in [-0.2, 0) is 0 Å². The Morgan fingerprint density at radius 3 is 1.72 bits per heavy atom. The first-order chi connectivity index (χ1) is 19.2. The van der Waals surface area contributed by atoms with Gasteiger partial charge < -0.3 is 5.73 Å². The number of nitrogen functional groups attached to an aromatic ring is 1. The third-order valence-corrected chi connectivity index (χ3v) is 7.13. The minimum atomic E-state index is 0.662. The number of pyridine rings is 1. The van der Waals surface area contributed by atoms with Gasteiger partial charge in [0.05, 0.1) is 11.2 Å². The maximum Gasteiger partial charge on any atom is 0.0943 e. The number of nitrogens with zero attached hydrogens (tertiary/aromatic N) is 1. The van der Waals surface area contributed by atoms with Crippen LogP contribution >= 0.6 is 0 Å². The van der Waals surface area contributed by atoms with E-state index in [1.54, 1.807) is 0 Å². The fourth-order valence-corrected chi connectivity index (χ4v) is 5.13. The lowest BCUT2D eigenvalue weighted by molar-refractivity contribution is 1.40. The van der Waals surface area contributed by atoms with Gasteiger partial charge in [-0.25, -0.2) is 0 Å². The van der Waals surface area contributed by atoms with Crippen LogP contribution in [0.15, 0.2) is 152 Å². The monoisotopic (exact) mass is 500 g/mol. The molecule has 2 N–H and O–H groups in total. The first kappa shape index (κ1) is 24.1. The maximum atomic E-state index is 6.82. The van der Waals surface area contributed by atoms with Crippen molar-refractivity contribution in [3.05, 3.63) is 163 Å². The summed E-state index contributed by atoms with van der Waals surface area (Å²) < 4.78 is 0. The molecule has 1 aromatic heterocycles. The van der Waals surface area contributed by atoms with Crippen LogP contribution in [0.4, 0.5) is 5.69 Å². The summed E-state index contributed by atoms with van der Waals surface area (Å²) in [5, 5.41) is 1.03. The van der Waals surface area contributed by atoms with Gasteiger partial charge in [-0.3, -0.25) is 4.98 Å². The van der Waals surface area contributed by atoms with Crippen LogP contribution in [0.5, 0.6) is 0 Å². The second-order valence-corrected chi connectivity index (χ2v) is 9.48. The Morgan fingerprint density at radius 1 is 0.590 bits per heavy atom. The number of hydrogen-bond acceptors (Lipinski definition) is 2. The number of fused-ring (bicyclic) bond motifs is 1. The summed E-state index contributed by atoms with van der Waals surface area (Å²) in [6.07, 6.45) is 5.66. The van der Waals surface area contributed by atoms with E-state index < -0.39 is 0 Å². The van der Waals surface area contributed by atoms with Crippen LogP contribution in [0.2, 0.25) is 0 Å². The molecule has 6 aromatic rings. The number of aromatic nitrogens is 1. The highest BCUT2D eigenvalue weighted by atomic mass is 14.7. The van der Waals surface area contributed by atoms with Crippen LogP contribution in [0, 0.1) is 0 Å². The normalized spacial score (nSPS) is 11.4. The van der Waals surface area contributed by atoms with E-state index in [4.69, 9.17) is 10.7 Å². The topological polar surface area (TPSA) is 38.9 Å². The molecule has 6 rings (SSSR count). The molecular formula is C37H28N2. The molecule has 0 saturated carbocycles. The number of allylic oxidation sites excluding steroid dienone is 2. The van der Waals surface area contributed by atoms with E-state index in [-0.39, 0.29) is 0 Å². The minimum absolute atomic E-state index is 0.662. The molecule has 0 radical (unpaired) electrons. The van der Waals surface area contributed by atoms with Crippen molar-refractivity contribution in [1.82, 2.24) is 4.98 Å². The first-order valence-electron chi connectivity index (χ1n) is 13.0. The van der Waals surface area contributed by atoms with Crippen molar-refractivity contribution in [2.24, 2.45) is 0 Å². The molecule has 1 heterocycles. The molecule has 0 aliphatic heterocycles. The predicted octanol–water partition coefficient (Wildman–Crippen LogP) is 9.44. The highest BCUT2D eigenvalue weighted by Gasteiger charge is 2.14. The van der Waals surface area contributed by atoms with E-state index in [9.17, 15) is 0 Å². The lowest BCUT2D eigenvalue weighted by Crippen LogP contribution is -1.99. The van der Waals surface area contributed by atoms with Crippen molar-refractivity contribution < 1.29 is 0 Å².